The Labute approximate surface area is 105 Å². The molecule has 0 saturated carbocycles. The summed E-state index contributed by atoms with van der Waals surface area (Å²) in [5, 5.41) is 0.164. The van der Waals surface area contributed by atoms with Gasteiger partial charge in [0, 0.05) is 34.7 Å². The van der Waals surface area contributed by atoms with E-state index >= 15 is 0 Å². The first kappa shape index (κ1) is 12.9. The van der Waals surface area contributed by atoms with Crippen molar-refractivity contribution in [1.29, 1.82) is 0 Å². The monoisotopic (exact) mass is 347 g/mol. The standard InChI is InChI=1S/C9H9ClF2INO/c10-7-5-6(9(11,12)13)1-2-8(7)15-4-3-14/h1-2,5H,3-4,14H2. The number of ether oxygens (including phenoxy) is 1. The molecule has 0 heterocycles. The smallest absolute Gasteiger partial charge is 0.321 e. The average Bonchev–Trinajstić information content (AvgIpc) is 2.14. The van der Waals surface area contributed by atoms with Crippen LogP contribution < -0.4 is 10.5 Å². The van der Waals surface area contributed by atoms with Crippen LogP contribution in [0.15, 0.2) is 18.2 Å². The molecule has 2 nitrogen and oxygen atoms in total. The Morgan fingerprint density at radius 1 is 1.47 bits per heavy atom. The van der Waals surface area contributed by atoms with Crippen molar-refractivity contribution in [3.8, 4) is 5.75 Å². The Bertz CT molecular complexity index is 343. The molecule has 0 unspecified atom stereocenters. The Morgan fingerprint density at radius 2 is 2.13 bits per heavy atom. The fraction of sp³-hybridized carbons (Fsp3) is 0.333. The van der Waals surface area contributed by atoms with Crippen LogP contribution in [0.5, 0.6) is 5.75 Å². The lowest BCUT2D eigenvalue weighted by Crippen LogP contribution is -2.11. The Morgan fingerprint density at radius 3 is 2.60 bits per heavy atom. The molecular formula is C9H9ClF2INO. The van der Waals surface area contributed by atoms with Gasteiger partial charge in [0.2, 0.25) is 0 Å². The van der Waals surface area contributed by atoms with Gasteiger partial charge in [-0.15, -0.1) is 0 Å². The highest BCUT2D eigenvalue weighted by Gasteiger charge is 2.27. The predicted molar refractivity (Wildman–Crippen MR) is 63.9 cm³/mol. The van der Waals surface area contributed by atoms with Gasteiger partial charge in [-0.25, -0.2) is 0 Å². The minimum Gasteiger partial charge on any atom is -0.491 e. The van der Waals surface area contributed by atoms with Gasteiger partial charge < -0.3 is 10.5 Å². The molecule has 1 aromatic rings. The molecule has 0 amide bonds. The third kappa shape index (κ3) is 3.73. The lowest BCUT2D eigenvalue weighted by molar-refractivity contribution is 0.127. The van der Waals surface area contributed by atoms with Crippen LogP contribution in [-0.4, -0.2) is 13.2 Å². The van der Waals surface area contributed by atoms with Gasteiger partial charge in [0.1, 0.15) is 12.4 Å². The zero-order valence-electron chi connectivity index (χ0n) is 7.64. The lowest BCUT2D eigenvalue weighted by Gasteiger charge is -2.11. The summed E-state index contributed by atoms with van der Waals surface area (Å²) in [6, 6.07) is 3.89. The van der Waals surface area contributed by atoms with E-state index in [1.165, 1.54) is 18.2 Å². The van der Waals surface area contributed by atoms with Crippen molar-refractivity contribution in [2.75, 3.05) is 13.2 Å². The van der Waals surface area contributed by atoms with Crippen molar-refractivity contribution >= 4 is 34.2 Å². The second-order valence-corrected chi connectivity index (χ2v) is 4.54. The molecule has 0 atom stereocenters. The van der Waals surface area contributed by atoms with Crippen molar-refractivity contribution < 1.29 is 13.5 Å². The van der Waals surface area contributed by atoms with Crippen LogP contribution in [-0.2, 0) is 3.93 Å². The second-order valence-electron chi connectivity index (χ2n) is 2.78. The van der Waals surface area contributed by atoms with Crippen molar-refractivity contribution in [2.45, 2.75) is 3.93 Å². The van der Waals surface area contributed by atoms with Crippen molar-refractivity contribution in [2.24, 2.45) is 5.73 Å². The molecule has 0 aliphatic rings. The summed E-state index contributed by atoms with van der Waals surface area (Å²) in [5.41, 5.74) is 5.09. The van der Waals surface area contributed by atoms with Gasteiger partial charge in [-0.1, -0.05) is 11.6 Å². The summed E-state index contributed by atoms with van der Waals surface area (Å²) in [5.74, 6) is 0.367. The van der Waals surface area contributed by atoms with Gasteiger partial charge in [-0.3, -0.25) is 0 Å². The Kier molecular flexibility index (Phi) is 4.54. The molecule has 2 N–H and O–H groups in total. The first-order valence-electron chi connectivity index (χ1n) is 4.15. The number of halogens is 4. The van der Waals surface area contributed by atoms with Gasteiger partial charge in [-0.05, 0) is 18.2 Å². The summed E-state index contributed by atoms with van der Waals surface area (Å²) < 4.78 is 28.0. The molecule has 0 radical (unpaired) electrons. The van der Waals surface area contributed by atoms with Crippen LogP contribution in [0, 0.1) is 0 Å². The molecule has 0 aliphatic heterocycles. The van der Waals surface area contributed by atoms with E-state index in [9.17, 15) is 8.78 Å². The molecule has 1 aromatic carbocycles. The van der Waals surface area contributed by atoms with Gasteiger partial charge in [0.15, 0.2) is 0 Å². The number of alkyl halides is 3. The van der Waals surface area contributed by atoms with E-state index < -0.39 is 3.93 Å². The molecule has 0 spiro atoms. The number of hydrogen-bond donors (Lipinski definition) is 1. The zero-order chi connectivity index (χ0) is 11.5. The molecule has 84 valence electrons. The lowest BCUT2D eigenvalue weighted by atomic mass is 10.2. The first-order valence-corrected chi connectivity index (χ1v) is 5.60. The van der Waals surface area contributed by atoms with Gasteiger partial charge >= 0.3 is 3.93 Å². The predicted octanol–water partition coefficient (Wildman–Crippen LogP) is 3.16. The van der Waals surface area contributed by atoms with Gasteiger partial charge in [-0.2, -0.15) is 8.78 Å². The summed E-state index contributed by atoms with van der Waals surface area (Å²) in [6.07, 6.45) is 0. The van der Waals surface area contributed by atoms with E-state index in [-0.39, 0.29) is 10.6 Å². The maximum atomic E-state index is 12.9. The van der Waals surface area contributed by atoms with Crippen molar-refractivity contribution in [3.63, 3.8) is 0 Å². The second kappa shape index (κ2) is 5.27. The summed E-state index contributed by atoms with van der Waals surface area (Å²) in [7, 11) is 0. The van der Waals surface area contributed by atoms with Crippen LogP contribution in [0.1, 0.15) is 5.56 Å². The van der Waals surface area contributed by atoms with E-state index in [4.69, 9.17) is 22.1 Å². The molecule has 6 heteroatoms. The van der Waals surface area contributed by atoms with E-state index in [2.05, 4.69) is 0 Å². The molecule has 0 bridgehead atoms. The Balaban J connectivity index is 2.88. The fourth-order valence-corrected chi connectivity index (χ4v) is 1.53. The average molecular weight is 348 g/mol. The first-order chi connectivity index (χ1) is 6.95. The molecular weight excluding hydrogens is 338 g/mol. The minimum atomic E-state index is -2.92. The maximum Gasteiger partial charge on any atom is 0.321 e. The number of nitrogens with two attached hydrogens (primary N) is 1. The highest BCUT2D eigenvalue weighted by molar-refractivity contribution is 14.1. The minimum absolute atomic E-state index is 0.145. The zero-order valence-corrected chi connectivity index (χ0v) is 10.6. The third-order valence-electron chi connectivity index (χ3n) is 1.63. The highest BCUT2D eigenvalue weighted by Crippen LogP contribution is 2.38. The quantitative estimate of drug-likeness (QED) is 0.671. The van der Waals surface area contributed by atoms with E-state index in [0.29, 0.717) is 18.9 Å². The number of rotatable bonds is 4. The number of benzene rings is 1. The topological polar surface area (TPSA) is 35.2 Å². The fourth-order valence-electron chi connectivity index (χ4n) is 0.963. The molecule has 15 heavy (non-hydrogen) atoms. The summed E-state index contributed by atoms with van der Waals surface area (Å²) >= 11 is 6.82. The van der Waals surface area contributed by atoms with Crippen LogP contribution in [0.25, 0.3) is 0 Å². The van der Waals surface area contributed by atoms with Crippen LogP contribution in [0.4, 0.5) is 8.78 Å². The normalized spacial score (nSPS) is 11.5. The largest absolute Gasteiger partial charge is 0.491 e. The molecule has 0 aromatic heterocycles. The SMILES string of the molecule is NCCOc1ccc(C(F)(F)I)cc1Cl. The van der Waals surface area contributed by atoms with Crippen molar-refractivity contribution in [1.82, 2.24) is 0 Å². The molecule has 0 saturated heterocycles. The van der Waals surface area contributed by atoms with Crippen LogP contribution in [0.3, 0.4) is 0 Å². The van der Waals surface area contributed by atoms with E-state index in [1.807, 2.05) is 0 Å². The van der Waals surface area contributed by atoms with E-state index in [0.717, 1.165) is 22.6 Å². The van der Waals surface area contributed by atoms with Crippen LogP contribution in [0.2, 0.25) is 5.02 Å². The number of hydrogen-bond acceptors (Lipinski definition) is 2. The summed E-state index contributed by atoms with van der Waals surface area (Å²) in [4.78, 5) is 0. The molecule has 0 aliphatic carbocycles. The maximum absolute atomic E-state index is 12.9. The molecule has 0 fully saturated rings. The Hall–Kier alpha value is -0.140. The van der Waals surface area contributed by atoms with Gasteiger partial charge in [0.25, 0.3) is 0 Å². The third-order valence-corrected chi connectivity index (χ3v) is 2.55. The van der Waals surface area contributed by atoms with Gasteiger partial charge in [0.05, 0.1) is 5.02 Å². The van der Waals surface area contributed by atoms with E-state index in [1.54, 1.807) is 0 Å². The van der Waals surface area contributed by atoms with Crippen molar-refractivity contribution in [3.05, 3.63) is 28.8 Å². The van der Waals surface area contributed by atoms with Crippen LogP contribution >= 0.6 is 34.2 Å². The highest BCUT2D eigenvalue weighted by atomic mass is 127. The molecule has 1 rings (SSSR count). The summed E-state index contributed by atoms with van der Waals surface area (Å²) in [6.45, 7) is 0.653.